The number of aromatic nitrogens is 1. The molecule has 1 aromatic carbocycles. The topological polar surface area (TPSA) is 49.0 Å². The van der Waals surface area contributed by atoms with Crippen LogP contribution in [-0.2, 0) is 13.2 Å². The molecule has 0 radical (unpaired) electrons. The molecule has 0 aliphatic heterocycles. The Bertz CT molecular complexity index is 569. The Hall–Kier alpha value is -1.50. The Kier molecular flexibility index (Phi) is 3.68. The molecule has 1 aromatic heterocycles. The molecular weight excluding hydrogens is 236 g/mol. The quantitative estimate of drug-likeness (QED) is 0.846. The summed E-state index contributed by atoms with van der Waals surface area (Å²) in [7, 11) is 0. The standard InChI is InChI=1S/C13H13ClN2O/c14-11-3-4-13-10(7-11)8-12(9-17)16(13)6-2-1-5-15/h3-4,7-8,17H,1-2,6,9H2. The largest absolute Gasteiger partial charge is 0.390 e. The van der Waals surface area contributed by atoms with E-state index in [9.17, 15) is 5.11 Å². The molecule has 88 valence electrons. The predicted molar refractivity (Wildman–Crippen MR) is 67.7 cm³/mol. The highest BCUT2D eigenvalue weighted by atomic mass is 35.5. The Labute approximate surface area is 105 Å². The molecule has 17 heavy (non-hydrogen) atoms. The smallest absolute Gasteiger partial charge is 0.0833 e. The van der Waals surface area contributed by atoms with Crippen LogP contribution in [0.2, 0.25) is 5.02 Å². The van der Waals surface area contributed by atoms with E-state index in [-0.39, 0.29) is 6.61 Å². The van der Waals surface area contributed by atoms with Crippen LogP contribution in [0.3, 0.4) is 0 Å². The monoisotopic (exact) mass is 248 g/mol. The van der Waals surface area contributed by atoms with E-state index < -0.39 is 0 Å². The molecule has 1 heterocycles. The number of rotatable bonds is 4. The van der Waals surface area contributed by atoms with E-state index in [1.807, 2.05) is 28.8 Å². The van der Waals surface area contributed by atoms with Crippen LogP contribution in [0.5, 0.6) is 0 Å². The van der Waals surface area contributed by atoms with Crippen molar-refractivity contribution in [1.82, 2.24) is 4.57 Å². The van der Waals surface area contributed by atoms with Crippen molar-refractivity contribution in [2.45, 2.75) is 26.0 Å². The number of nitrogens with zero attached hydrogens (tertiary/aromatic N) is 2. The molecular formula is C13H13ClN2O. The third-order valence-electron chi connectivity index (χ3n) is 2.78. The van der Waals surface area contributed by atoms with Crippen LogP contribution in [0.4, 0.5) is 0 Å². The summed E-state index contributed by atoms with van der Waals surface area (Å²) in [6.07, 6.45) is 1.31. The molecule has 2 rings (SSSR count). The lowest BCUT2D eigenvalue weighted by Gasteiger charge is -2.07. The molecule has 0 saturated carbocycles. The fraction of sp³-hybridized carbons (Fsp3) is 0.308. The van der Waals surface area contributed by atoms with Gasteiger partial charge < -0.3 is 9.67 Å². The first kappa shape index (κ1) is 12.0. The van der Waals surface area contributed by atoms with E-state index in [4.69, 9.17) is 16.9 Å². The van der Waals surface area contributed by atoms with Gasteiger partial charge in [0.2, 0.25) is 0 Å². The average Bonchev–Trinajstić information content (AvgIpc) is 2.67. The maximum atomic E-state index is 9.33. The van der Waals surface area contributed by atoms with Crippen LogP contribution >= 0.6 is 11.6 Å². The maximum Gasteiger partial charge on any atom is 0.0833 e. The zero-order chi connectivity index (χ0) is 12.3. The summed E-state index contributed by atoms with van der Waals surface area (Å²) in [6, 6.07) is 9.74. The van der Waals surface area contributed by atoms with Crippen molar-refractivity contribution in [2.24, 2.45) is 0 Å². The van der Waals surface area contributed by atoms with Gasteiger partial charge in [-0.25, -0.2) is 0 Å². The van der Waals surface area contributed by atoms with Gasteiger partial charge in [-0.15, -0.1) is 0 Å². The molecule has 1 N–H and O–H groups in total. The normalized spacial score (nSPS) is 10.6. The van der Waals surface area contributed by atoms with Crippen LogP contribution in [0.1, 0.15) is 18.5 Å². The minimum Gasteiger partial charge on any atom is -0.390 e. The number of hydrogen-bond acceptors (Lipinski definition) is 2. The summed E-state index contributed by atoms with van der Waals surface area (Å²) in [5.41, 5.74) is 1.91. The van der Waals surface area contributed by atoms with Crippen LogP contribution in [-0.4, -0.2) is 9.67 Å². The lowest BCUT2D eigenvalue weighted by molar-refractivity contribution is 0.271. The first-order valence-electron chi connectivity index (χ1n) is 5.51. The van der Waals surface area contributed by atoms with Gasteiger partial charge in [0, 0.05) is 34.6 Å². The Balaban J connectivity index is 2.40. The number of fused-ring (bicyclic) bond motifs is 1. The predicted octanol–water partition coefficient (Wildman–Crippen LogP) is 3.09. The molecule has 2 aromatic rings. The van der Waals surface area contributed by atoms with E-state index in [0.29, 0.717) is 11.4 Å². The van der Waals surface area contributed by atoms with Crippen molar-refractivity contribution in [3.63, 3.8) is 0 Å². The molecule has 0 aliphatic carbocycles. The van der Waals surface area contributed by atoms with Gasteiger partial charge in [-0.2, -0.15) is 5.26 Å². The van der Waals surface area contributed by atoms with Gasteiger partial charge in [-0.3, -0.25) is 0 Å². The summed E-state index contributed by atoms with van der Waals surface area (Å²) in [5, 5.41) is 19.6. The van der Waals surface area contributed by atoms with Crippen LogP contribution < -0.4 is 0 Å². The van der Waals surface area contributed by atoms with Crippen molar-refractivity contribution in [2.75, 3.05) is 0 Å². The molecule has 4 heteroatoms. The Morgan fingerprint density at radius 1 is 1.35 bits per heavy atom. The highest BCUT2D eigenvalue weighted by Crippen LogP contribution is 2.24. The number of benzene rings is 1. The molecule has 0 amide bonds. The number of aliphatic hydroxyl groups excluding tert-OH is 1. The fourth-order valence-corrected chi connectivity index (χ4v) is 2.19. The van der Waals surface area contributed by atoms with Crippen LogP contribution in [0.15, 0.2) is 24.3 Å². The van der Waals surface area contributed by atoms with E-state index in [1.165, 1.54) is 0 Å². The van der Waals surface area contributed by atoms with Crippen molar-refractivity contribution in [3.8, 4) is 6.07 Å². The maximum absolute atomic E-state index is 9.33. The van der Waals surface area contributed by atoms with Gasteiger partial charge in [0.1, 0.15) is 0 Å². The van der Waals surface area contributed by atoms with Gasteiger partial charge in [0.15, 0.2) is 0 Å². The molecule has 0 spiro atoms. The summed E-state index contributed by atoms with van der Waals surface area (Å²) >= 11 is 5.94. The van der Waals surface area contributed by atoms with Crippen molar-refractivity contribution in [1.29, 1.82) is 5.26 Å². The highest BCUT2D eigenvalue weighted by Gasteiger charge is 2.07. The Morgan fingerprint density at radius 3 is 2.88 bits per heavy atom. The minimum absolute atomic E-state index is 0.00114. The number of aliphatic hydroxyl groups is 1. The number of nitriles is 1. The lowest BCUT2D eigenvalue weighted by Crippen LogP contribution is -2.02. The molecule has 0 aliphatic rings. The highest BCUT2D eigenvalue weighted by molar-refractivity contribution is 6.31. The Morgan fingerprint density at radius 2 is 2.18 bits per heavy atom. The van der Waals surface area contributed by atoms with Crippen LogP contribution in [0.25, 0.3) is 10.9 Å². The van der Waals surface area contributed by atoms with Gasteiger partial charge >= 0.3 is 0 Å². The van der Waals surface area contributed by atoms with Gasteiger partial charge in [0.05, 0.1) is 12.7 Å². The average molecular weight is 249 g/mol. The molecule has 0 fully saturated rings. The second kappa shape index (κ2) is 5.22. The zero-order valence-corrected chi connectivity index (χ0v) is 10.1. The molecule has 0 atom stereocenters. The molecule has 3 nitrogen and oxygen atoms in total. The zero-order valence-electron chi connectivity index (χ0n) is 9.36. The van der Waals surface area contributed by atoms with E-state index in [1.54, 1.807) is 0 Å². The molecule has 0 unspecified atom stereocenters. The second-order valence-electron chi connectivity index (χ2n) is 3.91. The van der Waals surface area contributed by atoms with Crippen molar-refractivity contribution < 1.29 is 5.11 Å². The number of unbranched alkanes of at least 4 members (excludes halogenated alkanes) is 1. The summed E-state index contributed by atoms with van der Waals surface area (Å²) in [5.74, 6) is 0. The minimum atomic E-state index is -0.00114. The van der Waals surface area contributed by atoms with Crippen molar-refractivity contribution in [3.05, 3.63) is 35.0 Å². The molecule has 0 saturated heterocycles. The van der Waals surface area contributed by atoms with E-state index in [2.05, 4.69) is 6.07 Å². The first-order chi connectivity index (χ1) is 8.26. The summed E-state index contributed by atoms with van der Waals surface area (Å²) in [6.45, 7) is 0.743. The third kappa shape index (κ3) is 2.44. The van der Waals surface area contributed by atoms with Gasteiger partial charge in [-0.05, 0) is 30.7 Å². The second-order valence-corrected chi connectivity index (χ2v) is 4.35. The first-order valence-corrected chi connectivity index (χ1v) is 5.89. The van der Waals surface area contributed by atoms with Crippen LogP contribution in [0, 0.1) is 11.3 Å². The number of hydrogen-bond donors (Lipinski definition) is 1. The summed E-state index contributed by atoms with van der Waals surface area (Å²) in [4.78, 5) is 0. The SMILES string of the molecule is N#CCCCn1c(CO)cc2cc(Cl)ccc21. The van der Waals surface area contributed by atoms with E-state index >= 15 is 0 Å². The molecule has 0 bridgehead atoms. The van der Waals surface area contributed by atoms with E-state index in [0.717, 1.165) is 29.6 Å². The number of halogens is 1. The lowest BCUT2D eigenvalue weighted by atomic mass is 10.2. The number of aryl methyl sites for hydroxylation is 1. The third-order valence-corrected chi connectivity index (χ3v) is 3.02. The van der Waals surface area contributed by atoms with Gasteiger partial charge in [0.25, 0.3) is 0 Å². The van der Waals surface area contributed by atoms with Gasteiger partial charge in [-0.1, -0.05) is 11.6 Å². The fourth-order valence-electron chi connectivity index (χ4n) is 2.01. The van der Waals surface area contributed by atoms with Crippen molar-refractivity contribution >= 4 is 22.5 Å². The summed E-state index contributed by atoms with van der Waals surface area (Å²) < 4.78 is 2.04.